The molecule has 2 aromatic carbocycles. The number of fused-ring (bicyclic) bond motifs is 2. The van der Waals surface area contributed by atoms with Crippen LogP contribution in [0.15, 0.2) is 60.8 Å². The van der Waals surface area contributed by atoms with Gasteiger partial charge in [0.15, 0.2) is 11.5 Å². The van der Waals surface area contributed by atoms with Crippen LogP contribution in [0.2, 0.25) is 0 Å². The first-order chi connectivity index (χ1) is 15.0. The van der Waals surface area contributed by atoms with Crippen LogP contribution in [-0.4, -0.2) is 19.2 Å². The number of ether oxygens (including phenoxy) is 1. The Morgan fingerprint density at radius 1 is 0.968 bits per heavy atom. The number of hydrogen-bond acceptors (Lipinski definition) is 6. The Bertz CT molecular complexity index is 1180. The Morgan fingerprint density at radius 2 is 1.77 bits per heavy atom. The predicted octanol–water partition coefficient (Wildman–Crippen LogP) is 6.01. The van der Waals surface area contributed by atoms with Crippen molar-refractivity contribution < 1.29 is 17.4 Å². The number of anilines is 2. The van der Waals surface area contributed by atoms with Gasteiger partial charge in [-0.25, -0.2) is 0 Å². The van der Waals surface area contributed by atoms with Crippen LogP contribution >= 0.6 is 0 Å². The highest BCUT2D eigenvalue weighted by atomic mass is 32.2. The molecule has 3 aromatic rings. The zero-order chi connectivity index (χ0) is 21.8. The van der Waals surface area contributed by atoms with Crippen LogP contribution in [0.3, 0.4) is 0 Å². The van der Waals surface area contributed by atoms with Crippen LogP contribution in [0, 0.1) is 0 Å². The van der Waals surface area contributed by atoms with Gasteiger partial charge in [0.05, 0.1) is 11.4 Å². The number of pyridine rings is 1. The largest absolute Gasteiger partial charge is 0.453 e. The molecule has 0 N–H and O–H groups in total. The van der Waals surface area contributed by atoms with E-state index >= 15 is 0 Å². The zero-order valence-corrected chi connectivity index (χ0v) is 18.6. The molecule has 0 saturated heterocycles. The lowest BCUT2D eigenvalue weighted by molar-refractivity contribution is 0.308. The van der Waals surface area contributed by atoms with Crippen molar-refractivity contribution in [3.63, 3.8) is 0 Å². The minimum atomic E-state index is -3.79. The molecule has 7 heteroatoms. The van der Waals surface area contributed by atoms with Gasteiger partial charge in [-0.2, -0.15) is 13.5 Å². The van der Waals surface area contributed by atoms with E-state index in [9.17, 15) is 8.42 Å². The minimum Gasteiger partial charge on any atom is -0.453 e. The number of rotatable bonds is 8. The number of nitrogens with zero attached hydrogens (tertiary/aromatic N) is 2. The molecule has 0 bridgehead atoms. The fourth-order valence-electron chi connectivity index (χ4n) is 3.68. The molecule has 0 amide bonds. The number of benzene rings is 2. The molecule has 0 saturated carbocycles. The molecule has 1 aliphatic heterocycles. The third kappa shape index (κ3) is 4.43. The second-order valence-corrected chi connectivity index (χ2v) is 9.14. The average molecular weight is 439 g/mol. The number of unbranched alkanes of at least 4 members (excludes halogenated alkanes) is 1. The molecule has 0 fully saturated rings. The minimum absolute atomic E-state index is 0.0740. The molecule has 0 atom stereocenters. The first-order valence-corrected chi connectivity index (χ1v) is 12.2. The summed E-state index contributed by atoms with van der Waals surface area (Å²) in [6.45, 7) is 3.96. The molecular weight excluding hydrogens is 412 g/mol. The highest BCUT2D eigenvalue weighted by Gasteiger charge is 2.32. The van der Waals surface area contributed by atoms with Crippen LogP contribution in [0.5, 0.6) is 11.5 Å². The van der Waals surface area contributed by atoms with Crippen LogP contribution in [-0.2, 0) is 20.8 Å². The summed E-state index contributed by atoms with van der Waals surface area (Å²) >= 11 is 0. The van der Waals surface area contributed by atoms with E-state index in [1.165, 1.54) is 5.06 Å². The molecule has 2 heterocycles. The quantitative estimate of drug-likeness (QED) is 0.429. The maximum atomic E-state index is 12.7. The Balaban J connectivity index is 1.89. The molecule has 162 valence electrons. The van der Waals surface area contributed by atoms with Crippen molar-refractivity contribution >= 4 is 21.5 Å². The fraction of sp³-hybridized carbons (Fsp3) is 0.292. The van der Waals surface area contributed by atoms with E-state index in [0.29, 0.717) is 29.3 Å². The van der Waals surface area contributed by atoms with Gasteiger partial charge in [-0.05, 0) is 49.1 Å². The van der Waals surface area contributed by atoms with Crippen molar-refractivity contribution in [2.24, 2.45) is 0 Å². The van der Waals surface area contributed by atoms with Crippen LogP contribution in [0.1, 0.15) is 38.7 Å². The number of para-hydroxylation sites is 3. The lowest BCUT2D eigenvalue weighted by atomic mass is 9.99. The van der Waals surface area contributed by atoms with Gasteiger partial charge in [0.1, 0.15) is 11.4 Å². The molecule has 0 spiro atoms. The third-order valence-electron chi connectivity index (χ3n) is 5.09. The highest BCUT2D eigenvalue weighted by molar-refractivity contribution is 7.86. The molecule has 0 radical (unpaired) electrons. The molecule has 0 unspecified atom stereocenters. The first-order valence-electron chi connectivity index (χ1n) is 10.6. The van der Waals surface area contributed by atoms with Gasteiger partial charge in [0, 0.05) is 11.8 Å². The number of aromatic nitrogens is 1. The van der Waals surface area contributed by atoms with Crippen molar-refractivity contribution in [3.8, 4) is 22.8 Å². The second kappa shape index (κ2) is 9.08. The van der Waals surface area contributed by atoms with E-state index in [1.54, 1.807) is 25.3 Å². The molecule has 6 nitrogen and oxygen atoms in total. The zero-order valence-electron chi connectivity index (χ0n) is 17.7. The van der Waals surface area contributed by atoms with E-state index in [0.717, 1.165) is 36.1 Å². The van der Waals surface area contributed by atoms with Crippen LogP contribution < -0.4 is 9.80 Å². The monoisotopic (exact) mass is 438 g/mol. The van der Waals surface area contributed by atoms with Gasteiger partial charge in [-0.1, -0.05) is 50.6 Å². The predicted molar refractivity (Wildman–Crippen MR) is 122 cm³/mol. The summed E-state index contributed by atoms with van der Waals surface area (Å²) in [4.78, 5) is 4.65. The molecule has 4 rings (SSSR count). The Kier molecular flexibility index (Phi) is 6.25. The smallest absolute Gasteiger partial charge is 0.288 e. The summed E-state index contributed by atoms with van der Waals surface area (Å²) in [5.41, 5.74) is 3.75. The molecule has 1 aliphatic rings. The Hall–Kier alpha value is -2.90. The van der Waals surface area contributed by atoms with Crippen molar-refractivity contribution in [2.45, 2.75) is 39.5 Å². The van der Waals surface area contributed by atoms with Crippen molar-refractivity contribution in [1.29, 1.82) is 0 Å². The number of aryl methyl sites for hydroxylation is 1. The van der Waals surface area contributed by atoms with E-state index < -0.39 is 10.1 Å². The lowest BCUT2D eigenvalue weighted by Crippen LogP contribution is -2.27. The lowest BCUT2D eigenvalue weighted by Gasteiger charge is -2.32. The summed E-state index contributed by atoms with van der Waals surface area (Å²) in [5, 5.41) is 1.38. The molecule has 0 aliphatic carbocycles. The van der Waals surface area contributed by atoms with Gasteiger partial charge < -0.3 is 4.74 Å². The van der Waals surface area contributed by atoms with Crippen LogP contribution in [0.25, 0.3) is 11.3 Å². The molecule has 1 aromatic heterocycles. The third-order valence-corrected chi connectivity index (χ3v) is 6.38. The summed E-state index contributed by atoms with van der Waals surface area (Å²) in [6, 6.07) is 16.9. The summed E-state index contributed by atoms with van der Waals surface area (Å²) in [7, 11) is -3.79. The van der Waals surface area contributed by atoms with Gasteiger partial charge in [-0.3, -0.25) is 4.98 Å². The molecule has 31 heavy (non-hydrogen) atoms. The van der Waals surface area contributed by atoms with E-state index in [-0.39, 0.29) is 5.75 Å². The van der Waals surface area contributed by atoms with E-state index in [4.69, 9.17) is 9.02 Å². The summed E-state index contributed by atoms with van der Waals surface area (Å²) in [6.07, 6.45) is 5.21. The Labute approximate surface area is 183 Å². The fourth-order valence-corrected chi connectivity index (χ4v) is 4.64. The molecular formula is C24H26N2O4S. The topological polar surface area (TPSA) is 68.7 Å². The van der Waals surface area contributed by atoms with Gasteiger partial charge in [0.25, 0.3) is 10.1 Å². The SMILES string of the molecule is CCCCc1cccnc1-c1cccc2c1N(OS(=O)(=O)CCC)c1ccccc1O2. The van der Waals surface area contributed by atoms with Gasteiger partial charge >= 0.3 is 0 Å². The van der Waals surface area contributed by atoms with Crippen molar-refractivity contribution in [2.75, 3.05) is 10.8 Å². The van der Waals surface area contributed by atoms with Crippen molar-refractivity contribution in [3.05, 3.63) is 66.4 Å². The standard InChI is InChI=1S/C24H26N2O4S/c1-3-5-10-18-11-9-16-25-23(18)19-12-8-15-22-24(19)26(30-31(27,28)17-4-2)20-13-6-7-14-21(20)29-22/h6-9,11-16H,3-5,10,17H2,1-2H3. The van der Waals surface area contributed by atoms with E-state index in [1.807, 2.05) is 36.4 Å². The number of hydrogen-bond donors (Lipinski definition) is 0. The summed E-state index contributed by atoms with van der Waals surface area (Å²) < 4.78 is 37.1. The Morgan fingerprint density at radius 3 is 2.58 bits per heavy atom. The maximum Gasteiger partial charge on any atom is 0.288 e. The normalized spacial score (nSPS) is 12.8. The maximum absolute atomic E-state index is 12.7. The average Bonchev–Trinajstić information content (AvgIpc) is 2.77. The van der Waals surface area contributed by atoms with Gasteiger partial charge in [0.2, 0.25) is 0 Å². The first kappa shape index (κ1) is 21.3. The van der Waals surface area contributed by atoms with Crippen LogP contribution in [0.4, 0.5) is 11.4 Å². The summed E-state index contributed by atoms with van der Waals surface area (Å²) in [5.74, 6) is 0.982. The van der Waals surface area contributed by atoms with E-state index in [2.05, 4.69) is 18.0 Å². The second-order valence-electron chi connectivity index (χ2n) is 7.47. The van der Waals surface area contributed by atoms with Gasteiger partial charge in [-0.15, -0.1) is 4.28 Å². The van der Waals surface area contributed by atoms with Crippen molar-refractivity contribution in [1.82, 2.24) is 4.98 Å². The highest BCUT2D eigenvalue weighted by Crippen LogP contribution is 2.51.